The molecular formula is C45H84N8O9S. The summed E-state index contributed by atoms with van der Waals surface area (Å²) in [5.41, 5.74) is 7.92. The van der Waals surface area contributed by atoms with Gasteiger partial charge < -0.3 is 47.3 Å². The van der Waals surface area contributed by atoms with Gasteiger partial charge in [-0.3, -0.25) is 4.79 Å². The van der Waals surface area contributed by atoms with Crippen molar-refractivity contribution in [1.29, 1.82) is 0 Å². The standard InChI is InChI=1S/C11H21NO2S.C9H14N2O2.C9H18N2O2.C8H16N2O.C8H15NO2/c1-10(2)5-9(11(3,4)12(10)13)14-6-8-7-15-8;1-8(2)5-7(10-6-12)9(3,4)11(8)13;1-8(2)5-6(7(10)12)9(3,4)11(8)13;1-7(2)5-6(9)8(3,4)10(7)11;1-7(2)5-6(10)8(3,4)9(7)11/h8-9,13H,5-7H2,1-4H3;5,13H,1-4H3;6,13H,5H2,1-4H3,(H2,10,12);5,11H,9H2,1-4H3;5,10-11H,1-4H3. The Morgan fingerprint density at radius 2 is 1.10 bits per heavy atom. The second-order valence-corrected chi connectivity index (χ2v) is 24.5. The highest BCUT2D eigenvalue weighted by atomic mass is 32.2. The molecule has 6 rings (SSSR count). The van der Waals surface area contributed by atoms with Crippen LogP contribution in [0.4, 0.5) is 0 Å². The number of carbonyl (C=O) groups excluding carboxylic acids is 2. The van der Waals surface area contributed by atoms with Crippen molar-refractivity contribution in [3.8, 4) is 0 Å². The van der Waals surface area contributed by atoms with Gasteiger partial charge in [-0.1, -0.05) is 0 Å². The van der Waals surface area contributed by atoms with Crippen LogP contribution >= 0.6 is 11.8 Å². The summed E-state index contributed by atoms with van der Waals surface area (Å²) >= 11 is 1.95. The first kappa shape index (κ1) is 56.7. The van der Waals surface area contributed by atoms with Crippen LogP contribution in [-0.4, -0.2) is 148 Å². The summed E-state index contributed by atoms with van der Waals surface area (Å²) in [6.07, 6.45) is 8.43. The third-order valence-corrected chi connectivity index (χ3v) is 14.3. The Morgan fingerprint density at radius 3 is 1.32 bits per heavy atom. The minimum atomic E-state index is -0.649. The molecule has 10 N–H and O–H groups in total. The number of primary amides is 1. The second-order valence-electron chi connectivity index (χ2n) is 23.1. The molecule has 0 aromatic heterocycles. The van der Waals surface area contributed by atoms with Crippen LogP contribution in [0.5, 0.6) is 0 Å². The molecule has 0 saturated carbocycles. The van der Waals surface area contributed by atoms with Gasteiger partial charge in [-0.15, -0.1) is 0 Å². The fourth-order valence-corrected chi connectivity index (χ4v) is 9.46. The van der Waals surface area contributed by atoms with Crippen LogP contribution in [0.2, 0.25) is 0 Å². The number of thioether (sulfide) groups is 1. The van der Waals surface area contributed by atoms with E-state index in [0.717, 1.165) is 23.8 Å². The van der Waals surface area contributed by atoms with Crippen molar-refractivity contribution in [2.75, 3.05) is 12.4 Å². The van der Waals surface area contributed by atoms with Gasteiger partial charge in [-0.25, -0.2) is 4.79 Å². The number of isocyanates is 1. The lowest BCUT2D eigenvalue weighted by Crippen LogP contribution is -2.49. The molecule has 18 heteroatoms. The Hall–Kier alpha value is -2.42. The molecule has 6 aliphatic rings. The molecule has 3 atom stereocenters. The number of ether oxygens (including phenoxy) is 1. The number of nitrogens with zero attached hydrogens (tertiary/aromatic N) is 6. The summed E-state index contributed by atoms with van der Waals surface area (Å²) in [6.45, 7) is 38.7. The van der Waals surface area contributed by atoms with E-state index in [1.807, 2.05) is 115 Å². The van der Waals surface area contributed by atoms with E-state index in [-0.39, 0.29) is 45.8 Å². The average molecular weight is 913 g/mol. The molecule has 3 unspecified atom stereocenters. The highest BCUT2D eigenvalue weighted by Crippen LogP contribution is 2.44. The maximum absolute atomic E-state index is 11.1. The molecule has 6 heterocycles. The SMILES string of the molecule is CC1(C)C=C(N)C(C)(C)N1O.CC1(C)C=C(N=C=O)C(C)(C)N1O.CC1(C)C=C(O)C(C)(C)N1O.CC1(C)CC(C(N)=O)C(C)(C)N1O.CC1(C)CC(OCC2CS2)C(C)(C)N1O. The minimum Gasteiger partial charge on any atom is -0.511 e. The molecule has 0 aliphatic carbocycles. The quantitative estimate of drug-likeness (QED) is 0.0777. The highest BCUT2D eigenvalue weighted by molar-refractivity contribution is 8.06. The average Bonchev–Trinajstić information content (AvgIpc) is 3.85. The van der Waals surface area contributed by atoms with Crippen LogP contribution < -0.4 is 11.5 Å². The van der Waals surface area contributed by atoms with E-state index < -0.39 is 33.2 Å². The zero-order chi connectivity index (χ0) is 49.7. The van der Waals surface area contributed by atoms with Crippen molar-refractivity contribution < 1.29 is 45.5 Å². The molecule has 0 bridgehead atoms. The Labute approximate surface area is 381 Å². The number of aliphatic imine (C=N–C) groups is 1. The first-order valence-electron chi connectivity index (χ1n) is 21.6. The van der Waals surface area contributed by atoms with E-state index in [9.17, 15) is 40.7 Å². The summed E-state index contributed by atoms with van der Waals surface area (Å²) < 4.78 is 5.93. The predicted molar refractivity (Wildman–Crippen MR) is 246 cm³/mol. The Bertz CT molecular complexity index is 1750. The van der Waals surface area contributed by atoms with Crippen LogP contribution in [0.15, 0.2) is 40.4 Å². The van der Waals surface area contributed by atoms with E-state index in [1.165, 1.54) is 32.1 Å². The molecule has 6 aliphatic heterocycles. The number of aliphatic hydroxyl groups is 1. The zero-order valence-corrected chi connectivity index (χ0v) is 42.8. The van der Waals surface area contributed by atoms with Crippen LogP contribution in [0.3, 0.4) is 0 Å². The maximum atomic E-state index is 11.1. The van der Waals surface area contributed by atoms with Crippen molar-refractivity contribution in [3.05, 3.63) is 35.4 Å². The molecule has 17 nitrogen and oxygen atoms in total. The topological polar surface area (TPSA) is 245 Å². The van der Waals surface area contributed by atoms with E-state index >= 15 is 0 Å². The Morgan fingerprint density at radius 1 is 0.683 bits per heavy atom. The van der Waals surface area contributed by atoms with Gasteiger partial charge in [0.1, 0.15) is 5.76 Å². The van der Waals surface area contributed by atoms with Gasteiger partial charge in [0.15, 0.2) is 0 Å². The van der Waals surface area contributed by atoms with E-state index in [0.29, 0.717) is 17.4 Å². The fourth-order valence-electron chi connectivity index (χ4n) is 9.05. The van der Waals surface area contributed by atoms with Gasteiger partial charge in [-0.05, 0) is 170 Å². The number of nitrogens with two attached hydrogens (primary N) is 2. The number of hydrogen-bond acceptors (Lipinski definition) is 17. The van der Waals surface area contributed by atoms with Crippen molar-refractivity contribution in [1.82, 2.24) is 25.3 Å². The first-order chi connectivity index (χ1) is 27.9. The third-order valence-electron chi connectivity index (χ3n) is 13.3. The van der Waals surface area contributed by atoms with Crippen LogP contribution in [0, 0.1) is 5.92 Å². The molecule has 0 aromatic rings. The van der Waals surface area contributed by atoms with Crippen molar-refractivity contribution in [3.63, 3.8) is 0 Å². The van der Waals surface area contributed by atoms with Crippen molar-refractivity contribution >= 4 is 23.7 Å². The third kappa shape index (κ3) is 12.1. The lowest BCUT2D eigenvalue weighted by atomic mass is 9.86. The highest BCUT2D eigenvalue weighted by Gasteiger charge is 2.54. The molecule has 1 amide bonds. The van der Waals surface area contributed by atoms with Gasteiger partial charge in [0.2, 0.25) is 12.0 Å². The van der Waals surface area contributed by atoms with E-state index in [1.54, 1.807) is 39.8 Å². The number of hydroxylamine groups is 10. The summed E-state index contributed by atoms with van der Waals surface area (Å²) in [5.74, 6) is 0.839. The molecule has 0 radical (unpaired) electrons. The molecule has 3 saturated heterocycles. The summed E-state index contributed by atoms with van der Waals surface area (Å²) in [7, 11) is 0. The van der Waals surface area contributed by atoms with Gasteiger partial charge in [0.25, 0.3) is 0 Å². The Balaban J connectivity index is 0.000000272. The normalized spacial score (nSPS) is 30.9. The molecular weight excluding hydrogens is 829 g/mol. The monoisotopic (exact) mass is 913 g/mol. The predicted octanol–water partition coefficient (Wildman–Crippen LogP) is 7.13. The smallest absolute Gasteiger partial charge is 0.240 e. The lowest BCUT2D eigenvalue weighted by Gasteiger charge is -2.35. The minimum absolute atomic E-state index is 0.138. The van der Waals surface area contributed by atoms with Gasteiger partial charge >= 0.3 is 0 Å². The van der Waals surface area contributed by atoms with E-state index in [2.05, 4.69) is 18.8 Å². The largest absolute Gasteiger partial charge is 0.511 e. The number of hydrogen-bond donors (Lipinski definition) is 8. The van der Waals surface area contributed by atoms with Gasteiger partial charge in [-0.2, -0.15) is 42.1 Å². The number of amides is 1. The molecule has 63 heavy (non-hydrogen) atoms. The van der Waals surface area contributed by atoms with Crippen LogP contribution in [-0.2, 0) is 14.3 Å². The Kier molecular flexibility index (Phi) is 16.8. The van der Waals surface area contributed by atoms with Crippen LogP contribution in [0.1, 0.15) is 151 Å². The van der Waals surface area contributed by atoms with Crippen molar-refractivity contribution in [2.24, 2.45) is 22.4 Å². The number of carbonyl (C=O) groups is 1. The zero-order valence-electron chi connectivity index (χ0n) is 41.9. The maximum Gasteiger partial charge on any atom is 0.240 e. The van der Waals surface area contributed by atoms with Crippen LogP contribution in [0.25, 0.3) is 0 Å². The molecule has 3 fully saturated rings. The number of aliphatic hydroxyl groups excluding tert-OH is 1. The molecule has 0 spiro atoms. The van der Waals surface area contributed by atoms with Crippen molar-refractivity contribution in [2.45, 2.75) is 218 Å². The van der Waals surface area contributed by atoms with E-state index in [4.69, 9.17) is 16.2 Å². The fraction of sp³-hybridized carbons (Fsp3) is 0.822. The summed E-state index contributed by atoms with van der Waals surface area (Å²) in [5, 5.41) is 65.4. The lowest BCUT2D eigenvalue weighted by molar-refractivity contribution is -0.204. The first-order valence-corrected chi connectivity index (χ1v) is 22.7. The van der Waals surface area contributed by atoms with Gasteiger partial charge in [0.05, 0.1) is 68.6 Å². The number of rotatable bonds is 5. The second kappa shape index (κ2) is 18.7. The molecule has 364 valence electrons. The molecule has 0 aromatic carbocycles. The summed E-state index contributed by atoms with van der Waals surface area (Å²) in [4.78, 5) is 24.8. The summed E-state index contributed by atoms with van der Waals surface area (Å²) in [6, 6.07) is 0. The van der Waals surface area contributed by atoms with Gasteiger partial charge in [0, 0.05) is 27.8 Å².